The number of pyridine rings is 1. The molecule has 0 amide bonds. The zero-order chi connectivity index (χ0) is 19.7. The molecule has 0 fully saturated rings. The van der Waals surface area contributed by atoms with Gasteiger partial charge >= 0.3 is 0 Å². The number of hydrogen-bond acceptors (Lipinski definition) is 3. The van der Waals surface area contributed by atoms with Crippen LogP contribution >= 0.6 is 0 Å². The Morgan fingerprint density at radius 3 is 2.14 bits per heavy atom. The molecule has 4 heteroatoms. The predicted molar refractivity (Wildman–Crippen MR) is 114 cm³/mol. The van der Waals surface area contributed by atoms with Gasteiger partial charge in [0.25, 0.3) is 0 Å². The summed E-state index contributed by atoms with van der Waals surface area (Å²) >= 11 is 0. The van der Waals surface area contributed by atoms with Crippen molar-refractivity contribution in [2.45, 2.75) is 41.5 Å². The Morgan fingerprint density at radius 1 is 0.786 bits per heavy atom. The lowest BCUT2D eigenvalue weighted by molar-refractivity contribution is 0.538. The summed E-state index contributed by atoms with van der Waals surface area (Å²) in [6.07, 6.45) is 0. The SMILES string of the molecule is Cc1nc(-c2cc3c4c(C)c(C)c(C)c(C)c4c4ccccc4n3n2)oc1C. The second kappa shape index (κ2) is 5.68. The summed E-state index contributed by atoms with van der Waals surface area (Å²) in [5, 5.41) is 8.70. The molecule has 3 aromatic heterocycles. The molecule has 0 spiro atoms. The van der Waals surface area contributed by atoms with Gasteiger partial charge in [-0.3, -0.25) is 0 Å². The van der Waals surface area contributed by atoms with Crippen LogP contribution in [0.25, 0.3) is 38.8 Å². The van der Waals surface area contributed by atoms with E-state index in [0.717, 1.165) is 28.2 Å². The summed E-state index contributed by atoms with van der Waals surface area (Å²) in [7, 11) is 0. The molecule has 0 aliphatic heterocycles. The first-order valence-electron chi connectivity index (χ1n) is 9.63. The number of aromatic nitrogens is 3. The van der Waals surface area contributed by atoms with E-state index in [0.29, 0.717) is 5.89 Å². The van der Waals surface area contributed by atoms with Gasteiger partial charge in [0.2, 0.25) is 5.89 Å². The van der Waals surface area contributed by atoms with E-state index in [-0.39, 0.29) is 0 Å². The predicted octanol–water partition coefficient (Wildman–Crippen LogP) is 6.15. The fourth-order valence-corrected chi connectivity index (χ4v) is 4.27. The van der Waals surface area contributed by atoms with E-state index in [9.17, 15) is 0 Å². The zero-order valence-electron chi connectivity index (χ0n) is 17.1. The molecule has 0 saturated carbocycles. The van der Waals surface area contributed by atoms with Crippen molar-refractivity contribution in [2.75, 3.05) is 0 Å². The minimum atomic E-state index is 0.578. The minimum absolute atomic E-state index is 0.578. The van der Waals surface area contributed by atoms with Crippen molar-refractivity contribution in [2.24, 2.45) is 0 Å². The average Bonchev–Trinajstić information content (AvgIpc) is 3.27. The van der Waals surface area contributed by atoms with Crippen LogP contribution in [-0.4, -0.2) is 14.6 Å². The molecule has 0 N–H and O–H groups in total. The van der Waals surface area contributed by atoms with Crippen LogP contribution in [0.5, 0.6) is 0 Å². The number of nitrogens with zero attached hydrogens (tertiary/aromatic N) is 3. The number of hydrogen-bond donors (Lipinski definition) is 0. The lowest BCUT2D eigenvalue weighted by Gasteiger charge is -2.17. The highest BCUT2D eigenvalue weighted by atomic mass is 16.4. The Bertz CT molecular complexity index is 1400. The summed E-state index contributed by atoms with van der Waals surface area (Å²) < 4.78 is 7.91. The highest BCUT2D eigenvalue weighted by Crippen LogP contribution is 2.38. The minimum Gasteiger partial charge on any atom is -0.440 e. The standard InChI is InChI=1S/C24H23N3O/c1-12-13(2)15(4)23-21-11-19(24-25-16(5)17(6)28-24)26-27(21)20-10-8-7-9-18(20)22(23)14(12)3/h7-11H,1-6H3. The molecule has 28 heavy (non-hydrogen) atoms. The third kappa shape index (κ3) is 2.12. The highest BCUT2D eigenvalue weighted by molar-refractivity contribution is 6.16. The average molecular weight is 369 g/mol. The fourth-order valence-electron chi connectivity index (χ4n) is 4.27. The largest absolute Gasteiger partial charge is 0.440 e. The van der Waals surface area contributed by atoms with Gasteiger partial charge in [0.1, 0.15) is 11.5 Å². The maximum atomic E-state index is 5.86. The van der Waals surface area contributed by atoms with E-state index in [2.05, 4.69) is 63.0 Å². The van der Waals surface area contributed by atoms with Gasteiger partial charge in [-0.15, -0.1) is 0 Å². The van der Waals surface area contributed by atoms with Crippen LogP contribution < -0.4 is 0 Å². The molecule has 0 bridgehead atoms. The second-order valence-electron chi connectivity index (χ2n) is 7.75. The molecule has 4 nitrogen and oxygen atoms in total. The van der Waals surface area contributed by atoms with Crippen molar-refractivity contribution in [1.82, 2.24) is 14.6 Å². The number of fused-ring (bicyclic) bond motifs is 6. The van der Waals surface area contributed by atoms with Gasteiger partial charge in [-0.2, -0.15) is 5.10 Å². The molecule has 3 heterocycles. The molecule has 0 unspecified atom stereocenters. The Balaban J connectivity index is 2.03. The molecule has 0 aliphatic carbocycles. The van der Waals surface area contributed by atoms with Crippen LogP contribution in [0.1, 0.15) is 33.7 Å². The van der Waals surface area contributed by atoms with Crippen molar-refractivity contribution in [3.8, 4) is 11.6 Å². The molecule has 5 aromatic rings. The first-order chi connectivity index (χ1) is 13.4. The van der Waals surface area contributed by atoms with Crippen molar-refractivity contribution in [3.63, 3.8) is 0 Å². The van der Waals surface area contributed by atoms with Gasteiger partial charge in [-0.1, -0.05) is 18.2 Å². The van der Waals surface area contributed by atoms with Gasteiger partial charge in [0.15, 0.2) is 0 Å². The molecular formula is C24H23N3O. The Kier molecular flexibility index (Phi) is 3.45. The number of aryl methyl sites for hydroxylation is 4. The highest BCUT2D eigenvalue weighted by Gasteiger charge is 2.20. The normalized spacial score (nSPS) is 11.9. The maximum absolute atomic E-state index is 5.86. The molecular weight excluding hydrogens is 346 g/mol. The first kappa shape index (κ1) is 17.0. The number of benzene rings is 2. The van der Waals surface area contributed by atoms with Crippen molar-refractivity contribution in [1.29, 1.82) is 0 Å². The van der Waals surface area contributed by atoms with Gasteiger partial charge in [-0.25, -0.2) is 9.50 Å². The Morgan fingerprint density at radius 2 is 1.46 bits per heavy atom. The van der Waals surface area contributed by atoms with Crippen LogP contribution in [-0.2, 0) is 0 Å². The monoisotopic (exact) mass is 369 g/mol. The Hall–Kier alpha value is -3.14. The van der Waals surface area contributed by atoms with Gasteiger partial charge in [-0.05, 0) is 81.3 Å². The summed E-state index contributed by atoms with van der Waals surface area (Å²) in [5.41, 5.74) is 9.21. The summed E-state index contributed by atoms with van der Waals surface area (Å²) in [4.78, 5) is 4.57. The van der Waals surface area contributed by atoms with Crippen LogP contribution in [0.2, 0.25) is 0 Å². The van der Waals surface area contributed by atoms with Gasteiger partial charge < -0.3 is 4.42 Å². The van der Waals surface area contributed by atoms with Crippen molar-refractivity contribution < 1.29 is 4.42 Å². The third-order valence-electron chi connectivity index (χ3n) is 6.30. The molecule has 2 aromatic carbocycles. The van der Waals surface area contributed by atoms with E-state index >= 15 is 0 Å². The molecule has 0 saturated heterocycles. The zero-order valence-corrected chi connectivity index (χ0v) is 17.1. The van der Waals surface area contributed by atoms with Crippen molar-refractivity contribution in [3.05, 3.63) is 64.0 Å². The first-order valence-corrected chi connectivity index (χ1v) is 9.63. The summed E-state index contributed by atoms with van der Waals surface area (Å²) in [6, 6.07) is 10.6. The van der Waals surface area contributed by atoms with Crippen LogP contribution in [0.15, 0.2) is 34.7 Å². The number of para-hydroxylation sites is 1. The molecule has 0 radical (unpaired) electrons. The number of rotatable bonds is 1. The van der Waals surface area contributed by atoms with E-state index in [1.807, 2.05) is 18.4 Å². The third-order valence-corrected chi connectivity index (χ3v) is 6.30. The molecule has 140 valence electrons. The maximum Gasteiger partial charge on any atom is 0.247 e. The molecule has 0 atom stereocenters. The fraction of sp³-hybridized carbons (Fsp3) is 0.250. The molecule has 5 rings (SSSR count). The lowest BCUT2D eigenvalue weighted by Crippen LogP contribution is -1.99. The Labute approximate surface area is 163 Å². The van der Waals surface area contributed by atoms with E-state index in [1.165, 1.54) is 38.4 Å². The van der Waals surface area contributed by atoms with Gasteiger partial charge in [0, 0.05) is 10.8 Å². The van der Waals surface area contributed by atoms with E-state index in [1.54, 1.807) is 0 Å². The van der Waals surface area contributed by atoms with Crippen LogP contribution in [0, 0.1) is 41.5 Å². The second-order valence-corrected chi connectivity index (χ2v) is 7.75. The quantitative estimate of drug-likeness (QED) is 0.333. The summed E-state index contributed by atoms with van der Waals surface area (Å²) in [5.74, 6) is 1.41. The molecule has 0 aliphatic rings. The summed E-state index contributed by atoms with van der Waals surface area (Å²) in [6.45, 7) is 12.8. The van der Waals surface area contributed by atoms with Crippen LogP contribution in [0.4, 0.5) is 0 Å². The van der Waals surface area contributed by atoms with Gasteiger partial charge in [0.05, 0.1) is 16.7 Å². The van der Waals surface area contributed by atoms with E-state index < -0.39 is 0 Å². The van der Waals surface area contributed by atoms with E-state index in [4.69, 9.17) is 9.52 Å². The topological polar surface area (TPSA) is 43.3 Å². The van der Waals surface area contributed by atoms with Crippen LogP contribution in [0.3, 0.4) is 0 Å². The smallest absolute Gasteiger partial charge is 0.247 e. The lowest BCUT2D eigenvalue weighted by atomic mass is 9.89. The number of oxazole rings is 1. The van der Waals surface area contributed by atoms with Crippen molar-refractivity contribution >= 4 is 27.2 Å².